The first kappa shape index (κ1) is 12.3. The topological polar surface area (TPSA) is 38.3 Å². The van der Waals surface area contributed by atoms with Crippen LogP contribution >= 0.6 is 34.5 Å². The van der Waals surface area contributed by atoms with E-state index in [1.54, 1.807) is 6.07 Å². The summed E-state index contributed by atoms with van der Waals surface area (Å²) in [6, 6.07) is 1.71. The summed E-state index contributed by atoms with van der Waals surface area (Å²) in [4.78, 5) is 11.9. The molecule has 0 spiro atoms. The minimum absolute atomic E-state index is 0.0103. The number of carbonyl (C=O) groups excluding carboxylic acids is 1. The first-order valence-electron chi connectivity index (χ1n) is 4.96. The van der Waals surface area contributed by atoms with Crippen molar-refractivity contribution >= 4 is 40.3 Å². The van der Waals surface area contributed by atoms with Crippen molar-refractivity contribution in [1.29, 1.82) is 0 Å². The van der Waals surface area contributed by atoms with E-state index >= 15 is 0 Å². The lowest BCUT2D eigenvalue weighted by Gasteiger charge is -2.22. The van der Waals surface area contributed by atoms with Crippen LogP contribution in [0, 0.1) is 0 Å². The van der Waals surface area contributed by atoms with E-state index < -0.39 is 0 Å². The van der Waals surface area contributed by atoms with Crippen LogP contribution in [0.3, 0.4) is 0 Å². The molecule has 0 radical (unpaired) electrons. The summed E-state index contributed by atoms with van der Waals surface area (Å²) in [6.07, 6.45) is 0.396. The maximum atomic E-state index is 11.9. The number of morpholine rings is 1. The number of rotatable bonds is 3. The number of Topliss-reactive ketones (excluding diaryl/α,β-unsaturated/α-hetero) is 1. The standard InChI is InChI=1S/C10H11Cl2NO2S/c11-9-4-7(10(12)16-9)8(14)3-6-5-15-2-1-13-6/h4,6,13H,1-3,5H2. The molecule has 1 aromatic heterocycles. The van der Waals surface area contributed by atoms with Gasteiger partial charge in [-0.05, 0) is 6.07 Å². The quantitative estimate of drug-likeness (QED) is 0.865. The average molecular weight is 280 g/mol. The Morgan fingerprint density at radius 1 is 1.62 bits per heavy atom. The molecule has 0 amide bonds. The predicted octanol–water partition coefficient (Wildman–Crippen LogP) is 2.62. The third-order valence-corrected chi connectivity index (χ3v) is 3.87. The molecule has 0 aliphatic carbocycles. The van der Waals surface area contributed by atoms with E-state index in [1.165, 1.54) is 11.3 Å². The molecule has 3 nitrogen and oxygen atoms in total. The van der Waals surface area contributed by atoms with Crippen LogP contribution < -0.4 is 5.32 Å². The van der Waals surface area contributed by atoms with Gasteiger partial charge in [-0.25, -0.2) is 0 Å². The van der Waals surface area contributed by atoms with Gasteiger partial charge in [-0.15, -0.1) is 11.3 Å². The summed E-state index contributed by atoms with van der Waals surface area (Å²) >= 11 is 12.9. The predicted molar refractivity (Wildman–Crippen MR) is 65.9 cm³/mol. The molecular formula is C10H11Cl2NO2S. The Bertz CT molecular complexity index is 388. The highest BCUT2D eigenvalue weighted by molar-refractivity contribution is 7.20. The van der Waals surface area contributed by atoms with Crippen LogP contribution in [0.1, 0.15) is 16.8 Å². The van der Waals surface area contributed by atoms with E-state index in [-0.39, 0.29) is 11.8 Å². The first-order valence-corrected chi connectivity index (χ1v) is 6.53. The summed E-state index contributed by atoms with van der Waals surface area (Å²) in [5.74, 6) is 0.0103. The van der Waals surface area contributed by atoms with E-state index in [4.69, 9.17) is 27.9 Å². The van der Waals surface area contributed by atoms with E-state index in [1.807, 2.05) is 0 Å². The van der Waals surface area contributed by atoms with Gasteiger partial charge in [0.15, 0.2) is 5.78 Å². The molecule has 2 heterocycles. The minimum Gasteiger partial charge on any atom is -0.378 e. The van der Waals surface area contributed by atoms with Gasteiger partial charge >= 0.3 is 0 Å². The van der Waals surface area contributed by atoms with Crippen LogP contribution in [-0.4, -0.2) is 31.6 Å². The number of hydrogen-bond acceptors (Lipinski definition) is 4. The lowest BCUT2D eigenvalue weighted by Crippen LogP contribution is -2.42. The molecule has 1 unspecified atom stereocenters. The van der Waals surface area contributed by atoms with Crippen LogP contribution in [-0.2, 0) is 4.74 Å². The van der Waals surface area contributed by atoms with Gasteiger partial charge < -0.3 is 10.1 Å². The van der Waals surface area contributed by atoms with Crippen molar-refractivity contribution in [3.63, 3.8) is 0 Å². The Morgan fingerprint density at radius 2 is 2.44 bits per heavy atom. The van der Waals surface area contributed by atoms with Crippen LogP contribution in [0.25, 0.3) is 0 Å². The first-order chi connectivity index (χ1) is 7.66. The molecule has 1 saturated heterocycles. The van der Waals surface area contributed by atoms with Gasteiger partial charge in [0.1, 0.15) is 4.34 Å². The second kappa shape index (κ2) is 5.47. The Morgan fingerprint density at radius 3 is 3.00 bits per heavy atom. The van der Waals surface area contributed by atoms with E-state index in [9.17, 15) is 4.79 Å². The van der Waals surface area contributed by atoms with Gasteiger partial charge in [-0.3, -0.25) is 4.79 Å². The molecule has 16 heavy (non-hydrogen) atoms. The molecule has 1 atom stereocenters. The fourth-order valence-corrected chi connectivity index (χ4v) is 3.11. The van der Waals surface area contributed by atoms with Crippen molar-refractivity contribution < 1.29 is 9.53 Å². The van der Waals surface area contributed by atoms with E-state index in [0.29, 0.717) is 33.9 Å². The number of thiophene rings is 1. The smallest absolute Gasteiger partial charge is 0.166 e. The summed E-state index contributed by atoms with van der Waals surface area (Å²) in [6.45, 7) is 2.06. The second-order valence-corrected chi connectivity index (χ2v) is 5.88. The third kappa shape index (κ3) is 2.96. The fraction of sp³-hybridized carbons (Fsp3) is 0.500. The third-order valence-electron chi connectivity index (χ3n) is 2.39. The number of carbonyl (C=O) groups is 1. The summed E-state index contributed by atoms with van der Waals surface area (Å²) < 4.78 is 6.29. The van der Waals surface area contributed by atoms with Gasteiger partial charge in [-0.2, -0.15) is 0 Å². The van der Waals surface area contributed by atoms with E-state index in [0.717, 1.165) is 6.54 Å². The van der Waals surface area contributed by atoms with E-state index in [2.05, 4.69) is 5.32 Å². The van der Waals surface area contributed by atoms with Crippen molar-refractivity contribution in [2.24, 2.45) is 0 Å². The molecular weight excluding hydrogens is 269 g/mol. The minimum atomic E-state index is 0.0103. The molecule has 6 heteroatoms. The number of hydrogen-bond donors (Lipinski definition) is 1. The molecule has 1 aliphatic rings. The molecule has 88 valence electrons. The average Bonchev–Trinajstić information content (AvgIpc) is 2.59. The van der Waals surface area contributed by atoms with Crippen LogP contribution in [0.5, 0.6) is 0 Å². The zero-order valence-corrected chi connectivity index (χ0v) is 10.8. The van der Waals surface area contributed by atoms with Gasteiger partial charge in [0.25, 0.3) is 0 Å². The number of ketones is 1. The summed E-state index contributed by atoms with van der Waals surface area (Å²) in [7, 11) is 0. The Kier molecular flexibility index (Phi) is 4.21. The zero-order valence-electron chi connectivity index (χ0n) is 8.46. The Labute approximate surface area is 108 Å². The van der Waals surface area contributed by atoms with Crippen molar-refractivity contribution in [3.05, 3.63) is 20.3 Å². The van der Waals surface area contributed by atoms with Gasteiger partial charge in [0, 0.05) is 24.6 Å². The lowest BCUT2D eigenvalue weighted by molar-refractivity contribution is 0.0676. The maximum Gasteiger partial charge on any atom is 0.166 e. The Hall–Kier alpha value is -0.130. The van der Waals surface area contributed by atoms with Crippen molar-refractivity contribution in [1.82, 2.24) is 5.32 Å². The van der Waals surface area contributed by atoms with Gasteiger partial charge in [0.05, 0.1) is 17.6 Å². The molecule has 2 rings (SSSR count). The molecule has 0 aromatic carbocycles. The highest BCUT2D eigenvalue weighted by atomic mass is 35.5. The number of nitrogens with one attached hydrogen (secondary N) is 1. The SMILES string of the molecule is O=C(CC1COCCN1)c1cc(Cl)sc1Cl. The summed E-state index contributed by atoms with van der Waals surface area (Å²) in [5, 5.41) is 3.23. The van der Waals surface area contributed by atoms with Crippen molar-refractivity contribution in [2.45, 2.75) is 12.5 Å². The number of halogens is 2. The maximum absolute atomic E-state index is 11.9. The number of ether oxygens (including phenoxy) is 1. The molecule has 1 N–H and O–H groups in total. The van der Waals surface area contributed by atoms with Crippen LogP contribution in [0.2, 0.25) is 8.67 Å². The normalized spacial score (nSPS) is 21.0. The lowest BCUT2D eigenvalue weighted by atomic mass is 10.1. The molecule has 1 fully saturated rings. The van der Waals surface area contributed by atoms with Crippen LogP contribution in [0.4, 0.5) is 0 Å². The summed E-state index contributed by atoms with van der Waals surface area (Å²) in [5.41, 5.74) is 0.518. The zero-order chi connectivity index (χ0) is 11.5. The molecule has 0 bridgehead atoms. The second-order valence-electron chi connectivity index (χ2n) is 3.59. The fourth-order valence-electron chi connectivity index (χ4n) is 1.61. The van der Waals surface area contributed by atoms with Gasteiger partial charge in [0.2, 0.25) is 0 Å². The molecule has 0 saturated carbocycles. The van der Waals surface area contributed by atoms with Crippen LogP contribution in [0.15, 0.2) is 6.07 Å². The van der Waals surface area contributed by atoms with Crippen molar-refractivity contribution in [3.8, 4) is 0 Å². The molecule has 1 aliphatic heterocycles. The molecule has 1 aromatic rings. The van der Waals surface area contributed by atoms with Gasteiger partial charge in [-0.1, -0.05) is 23.2 Å². The highest BCUT2D eigenvalue weighted by Crippen LogP contribution is 2.32. The van der Waals surface area contributed by atoms with Crippen molar-refractivity contribution in [2.75, 3.05) is 19.8 Å². The highest BCUT2D eigenvalue weighted by Gasteiger charge is 2.20. The monoisotopic (exact) mass is 279 g/mol. The Balaban J connectivity index is 1.99. The largest absolute Gasteiger partial charge is 0.378 e.